The molecule has 1 N–H and O–H groups in total. The van der Waals surface area contributed by atoms with Crippen molar-refractivity contribution >= 4 is 23.3 Å². The third-order valence-corrected chi connectivity index (χ3v) is 4.20. The summed E-state index contributed by atoms with van der Waals surface area (Å²) in [6, 6.07) is 8.14. The van der Waals surface area contributed by atoms with Crippen LogP contribution in [0, 0.1) is 11.6 Å². The molecule has 0 unspecified atom stereocenters. The van der Waals surface area contributed by atoms with Crippen molar-refractivity contribution in [2.24, 2.45) is 0 Å². The predicted octanol–water partition coefficient (Wildman–Crippen LogP) is 3.36. The third kappa shape index (κ3) is 4.64. The van der Waals surface area contributed by atoms with E-state index in [1.807, 2.05) is 12.1 Å². The van der Waals surface area contributed by atoms with Crippen LogP contribution < -0.4 is 5.32 Å². The molecule has 132 valence electrons. The second kappa shape index (κ2) is 7.76. The number of halogens is 3. The first-order valence-corrected chi connectivity index (χ1v) is 8.24. The van der Waals surface area contributed by atoms with Gasteiger partial charge in [0.2, 0.25) is 0 Å². The first-order chi connectivity index (χ1) is 12.0. The predicted molar refractivity (Wildman–Crippen MR) is 91.5 cm³/mol. The molecule has 0 atom stereocenters. The molecule has 1 aliphatic heterocycles. The highest BCUT2D eigenvalue weighted by molar-refractivity contribution is 6.29. The van der Waals surface area contributed by atoms with E-state index in [-0.39, 0.29) is 5.69 Å². The number of carbonyl (C=O) groups is 1. The van der Waals surface area contributed by atoms with Crippen molar-refractivity contribution in [3.63, 3.8) is 0 Å². The molecule has 2 aromatic rings. The van der Waals surface area contributed by atoms with Gasteiger partial charge >= 0.3 is 6.03 Å². The minimum Gasteiger partial charge on any atom is -0.322 e. The lowest BCUT2D eigenvalue weighted by Gasteiger charge is -2.34. The molecule has 2 amide bonds. The molecule has 25 heavy (non-hydrogen) atoms. The molecule has 2 heterocycles. The second-order valence-corrected chi connectivity index (χ2v) is 6.16. The number of nitrogens with zero attached hydrogens (tertiary/aromatic N) is 3. The number of amides is 2. The summed E-state index contributed by atoms with van der Waals surface area (Å²) in [7, 11) is 0. The van der Waals surface area contributed by atoms with Crippen LogP contribution in [0.25, 0.3) is 0 Å². The van der Waals surface area contributed by atoms with Crippen molar-refractivity contribution in [1.29, 1.82) is 0 Å². The molecular formula is C17H17ClF2N4O. The molecule has 0 aliphatic carbocycles. The van der Waals surface area contributed by atoms with E-state index in [0.29, 0.717) is 37.9 Å². The van der Waals surface area contributed by atoms with Crippen molar-refractivity contribution in [2.45, 2.75) is 6.54 Å². The first-order valence-electron chi connectivity index (χ1n) is 7.86. The van der Waals surface area contributed by atoms with Crippen LogP contribution in [0.4, 0.5) is 19.3 Å². The maximum absolute atomic E-state index is 13.6. The van der Waals surface area contributed by atoms with Gasteiger partial charge in [0, 0.05) is 38.8 Å². The summed E-state index contributed by atoms with van der Waals surface area (Å²) in [5, 5.41) is 2.93. The quantitative estimate of drug-likeness (QED) is 0.847. The Bertz CT molecular complexity index is 766. The summed E-state index contributed by atoms with van der Waals surface area (Å²) in [6.45, 7) is 3.02. The fraction of sp³-hybridized carbons (Fsp3) is 0.294. The second-order valence-electron chi connectivity index (χ2n) is 5.77. The minimum absolute atomic E-state index is 0.0306. The normalized spacial score (nSPS) is 15.2. The molecule has 0 saturated carbocycles. The third-order valence-electron chi connectivity index (χ3n) is 3.99. The van der Waals surface area contributed by atoms with Crippen LogP contribution >= 0.6 is 11.6 Å². The van der Waals surface area contributed by atoms with Gasteiger partial charge in [-0.2, -0.15) is 0 Å². The average Bonchev–Trinajstić information content (AvgIpc) is 2.58. The maximum atomic E-state index is 13.6. The van der Waals surface area contributed by atoms with Gasteiger partial charge < -0.3 is 10.2 Å². The van der Waals surface area contributed by atoms with Gasteiger partial charge in [-0.25, -0.2) is 18.6 Å². The van der Waals surface area contributed by atoms with Gasteiger partial charge in [-0.1, -0.05) is 17.7 Å². The van der Waals surface area contributed by atoms with E-state index in [9.17, 15) is 13.6 Å². The summed E-state index contributed by atoms with van der Waals surface area (Å²) in [6.07, 6.45) is 0. The highest BCUT2D eigenvalue weighted by Crippen LogP contribution is 2.16. The average molecular weight is 367 g/mol. The molecule has 1 aromatic heterocycles. The zero-order valence-corrected chi connectivity index (χ0v) is 14.1. The number of aromatic nitrogens is 1. The van der Waals surface area contributed by atoms with Gasteiger partial charge in [0.1, 0.15) is 16.8 Å². The SMILES string of the molecule is O=C(Nc1ccc(F)cc1F)N1CCN(Cc2cccc(Cl)n2)CC1. The van der Waals surface area contributed by atoms with E-state index in [2.05, 4.69) is 15.2 Å². The van der Waals surface area contributed by atoms with Gasteiger partial charge in [-0.05, 0) is 24.3 Å². The standard InChI is InChI=1S/C17H17ClF2N4O/c18-16-3-1-2-13(21-16)11-23-6-8-24(9-7-23)17(25)22-15-5-4-12(19)10-14(15)20/h1-5,10H,6-9,11H2,(H,22,25). The number of hydrogen-bond donors (Lipinski definition) is 1. The van der Waals surface area contributed by atoms with Crippen LogP contribution in [0.15, 0.2) is 36.4 Å². The molecule has 1 aromatic carbocycles. The van der Waals surface area contributed by atoms with Gasteiger partial charge in [-0.3, -0.25) is 4.90 Å². The Morgan fingerprint density at radius 1 is 1.16 bits per heavy atom. The summed E-state index contributed by atoms with van der Waals surface area (Å²) in [5.41, 5.74) is 0.843. The van der Waals surface area contributed by atoms with Gasteiger partial charge in [0.05, 0.1) is 11.4 Å². The topological polar surface area (TPSA) is 48.5 Å². The number of anilines is 1. The fourth-order valence-electron chi connectivity index (χ4n) is 2.66. The molecule has 0 bridgehead atoms. The number of benzene rings is 1. The van der Waals surface area contributed by atoms with Crippen molar-refractivity contribution < 1.29 is 13.6 Å². The lowest BCUT2D eigenvalue weighted by atomic mass is 10.2. The molecule has 8 heteroatoms. The van der Waals surface area contributed by atoms with Crippen LogP contribution in [-0.4, -0.2) is 47.0 Å². The fourth-order valence-corrected chi connectivity index (χ4v) is 2.84. The molecule has 3 rings (SSSR count). The first kappa shape index (κ1) is 17.6. The summed E-state index contributed by atoms with van der Waals surface area (Å²) < 4.78 is 26.5. The van der Waals surface area contributed by atoms with Crippen LogP contribution in [0.3, 0.4) is 0 Å². The van der Waals surface area contributed by atoms with Crippen molar-refractivity contribution in [3.05, 3.63) is 58.9 Å². The number of carbonyl (C=O) groups excluding carboxylic acids is 1. The number of urea groups is 1. The number of rotatable bonds is 3. The van der Waals surface area contributed by atoms with Crippen LogP contribution in [0.5, 0.6) is 0 Å². The van der Waals surface area contributed by atoms with E-state index >= 15 is 0 Å². The molecule has 0 spiro atoms. The molecule has 1 aliphatic rings. The maximum Gasteiger partial charge on any atom is 0.322 e. The lowest BCUT2D eigenvalue weighted by Crippen LogP contribution is -2.49. The van der Waals surface area contributed by atoms with Crippen LogP contribution in [0.1, 0.15) is 5.69 Å². The Kier molecular flexibility index (Phi) is 5.45. The highest BCUT2D eigenvalue weighted by atomic mass is 35.5. The van der Waals surface area contributed by atoms with Crippen LogP contribution in [0.2, 0.25) is 5.15 Å². The Labute approximate surface area is 149 Å². The van der Waals surface area contributed by atoms with E-state index in [1.165, 1.54) is 6.07 Å². The molecular weight excluding hydrogens is 350 g/mol. The summed E-state index contributed by atoms with van der Waals surface area (Å²) in [5.74, 6) is -1.47. The largest absolute Gasteiger partial charge is 0.322 e. The van der Waals surface area contributed by atoms with E-state index < -0.39 is 17.7 Å². The van der Waals surface area contributed by atoms with Gasteiger partial charge in [-0.15, -0.1) is 0 Å². The van der Waals surface area contributed by atoms with Crippen molar-refractivity contribution in [3.8, 4) is 0 Å². The van der Waals surface area contributed by atoms with Crippen molar-refractivity contribution in [2.75, 3.05) is 31.5 Å². The van der Waals surface area contributed by atoms with E-state index in [4.69, 9.17) is 11.6 Å². The zero-order chi connectivity index (χ0) is 17.8. The van der Waals surface area contributed by atoms with Gasteiger partial charge in [0.15, 0.2) is 0 Å². The summed E-state index contributed by atoms with van der Waals surface area (Å²) >= 11 is 5.88. The molecule has 1 fully saturated rings. The minimum atomic E-state index is -0.793. The number of pyridine rings is 1. The van der Waals surface area contributed by atoms with E-state index in [1.54, 1.807) is 11.0 Å². The highest BCUT2D eigenvalue weighted by Gasteiger charge is 2.22. The molecule has 0 radical (unpaired) electrons. The Balaban J connectivity index is 1.52. The number of nitrogens with one attached hydrogen (secondary N) is 1. The summed E-state index contributed by atoms with van der Waals surface area (Å²) in [4.78, 5) is 20.2. The number of piperazine rings is 1. The lowest BCUT2D eigenvalue weighted by molar-refractivity contribution is 0.142. The Hall–Kier alpha value is -2.25. The van der Waals surface area contributed by atoms with Crippen LogP contribution in [-0.2, 0) is 6.54 Å². The van der Waals surface area contributed by atoms with Crippen molar-refractivity contribution in [1.82, 2.24) is 14.8 Å². The van der Waals surface area contributed by atoms with E-state index in [0.717, 1.165) is 17.8 Å². The Morgan fingerprint density at radius 2 is 1.92 bits per heavy atom. The smallest absolute Gasteiger partial charge is 0.322 e. The molecule has 1 saturated heterocycles. The van der Waals surface area contributed by atoms with Gasteiger partial charge in [0.25, 0.3) is 0 Å². The molecule has 5 nitrogen and oxygen atoms in total. The zero-order valence-electron chi connectivity index (χ0n) is 13.4. The monoisotopic (exact) mass is 366 g/mol. The Morgan fingerprint density at radius 3 is 2.60 bits per heavy atom. The number of hydrogen-bond acceptors (Lipinski definition) is 3.